The molecule has 0 aromatic heterocycles. The lowest BCUT2D eigenvalue weighted by atomic mass is 10.2. The number of nitrogens with one attached hydrogen (secondary N) is 2. The zero-order valence-electron chi connectivity index (χ0n) is 12.2. The molecule has 0 spiro atoms. The molecule has 0 fully saturated rings. The third-order valence-electron chi connectivity index (χ3n) is 2.74. The molecular formula is C14H21BrN2O3. The van der Waals surface area contributed by atoms with Crippen LogP contribution < -0.4 is 15.4 Å². The summed E-state index contributed by atoms with van der Waals surface area (Å²) in [5.74, 6) is 0.433. The lowest BCUT2D eigenvalue weighted by Crippen LogP contribution is -2.44. The van der Waals surface area contributed by atoms with Crippen molar-refractivity contribution in [1.82, 2.24) is 10.6 Å². The van der Waals surface area contributed by atoms with Crippen molar-refractivity contribution in [3.8, 4) is 11.5 Å². The molecule has 0 aliphatic rings. The van der Waals surface area contributed by atoms with Gasteiger partial charge in [0.2, 0.25) is 5.91 Å². The minimum atomic E-state index is -0.295. The number of benzene rings is 1. The first-order valence-corrected chi connectivity index (χ1v) is 7.23. The molecule has 6 heteroatoms. The van der Waals surface area contributed by atoms with Crippen LogP contribution in [0.5, 0.6) is 11.5 Å². The van der Waals surface area contributed by atoms with Crippen LogP contribution in [0.3, 0.4) is 0 Å². The summed E-state index contributed by atoms with van der Waals surface area (Å²) in [4.78, 5) is 11.8. The van der Waals surface area contributed by atoms with E-state index in [1.807, 2.05) is 20.8 Å². The second kappa shape index (κ2) is 7.50. The van der Waals surface area contributed by atoms with Gasteiger partial charge in [0.1, 0.15) is 0 Å². The van der Waals surface area contributed by atoms with Crippen LogP contribution in [0.1, 0.15) is 26.3 Å². The van der Waals surface area contributed by atoms with Crippen molar-refractivity contribution in [2.45, 2.75) is 39.4 Å². The molecule has 112 valence electrons. The molecular weight excluding hydrogens is 324 g/mol. The molecule has 1 rings (SSSR count). The molecule has 0 aliphatic heterocycles. The molecule has 1 atom stereocenters. The highest BCUT2D eigenvalue weighted by atomic mass is 79.9. The molecule has 1 aromatic rings. The molecule has 0 heterocycles. The smallest absolute Gasteiger partial charge is 0.237 e. The van der Waals surface area contributed by atoms with Gasteiger partial charge in [-0.25, -0.2) is 0 Å². The topological polar surface area (TPSA) is 70.6 Å². The number of aromatic hydroxyl groups is 1. The number of hydrogen-bond acceptors (Lipinski definition) is 4. The number of amides is 1. The lowest BCUT2D eigenvalue weighted by molar-refractivity contribution is -0.123. The second-order valence-corrected chi connectivity index (χ2v) is 5.75. The molecule has 5 nitrogen and oxygen atoms in total. The first-order valence-electron chi connectivity index (χ1n) is 6.44. The first kappa shape index (κ1) is 16.8. The van der Waals surface area contributed by atoms with Crippen molar-refractivity contribution in [1.29, 1.82) is 0 Å². The van der Waals surface area contributed by atoms with Gasteiger partial charge in [0.15, 0.2) is 11.5 Å². The molecule has 3 N–H and O–H groups in total. The Hall–Kier alpha value is -1.27. The van der Waals surface area contributed by atoms with Gasteiger partial charge >= 0.3 is 0 Å². The fourth-order valence-corrected chi connectivity index (χ4v) is 2.15. The van der Waals surface area contributed by atoms with E-state index in [0.29, 0.717) is 16.8 Å². The number of halogens is 1. The number of hydrogen-bond donors (Lipinski definition) is 3. The molecule has 1 aromatic carbocycles. The highest BCUT2D eigenvalue weighted by Crippen LogP contribution is 2.35. The van der Waals surface area contributed by atoms with Gasteiger partial charge in [-0.15, -0.1) is 0 Å². The Bertz CT molecular complexity index is 478. The molecule has 20 heavy (non-hydrogen) atoms. The van der Waals surface area contributed by atoms with Gasteiger partial charge in [-0.05, 0) is 54.4 Å². The van der Waals surface area contributed by atoms with Crippen molar-refractivity contribution < 1.29 is 14.6 Å². The van der Waals surface area contributed by atoms with E-state index in [-0.39, 0.29) is 23.7 Å². The Morgan fingerprint density at radius 3 is 2.60 bits per heavy atom. The summed E-state index contributed by atoms with van der Waals surface area (Å²) in [6, 6.07) is 3.35. The van der Waals surface area contributed by atoms with E-state index >= 15 is 0 Å². The quantitative estimate of drug-likeness (QED) is 0.739. The van der Waals surface area contributed by atoms with E-state index in [0.717, 1.165) is 5.56 Å². The molecule has 1 unspecified atom stereocenters. The van der Waals surface area contributed by atoms with E-state index in [4.69, 9.17) is 4.74 Å². The standard InChI is InChI=1S/C14H21BrN2O3/c1-8(2)17-14(19)9(3)16-7-10-5-11(15)13(18)12(6-10)20-4/h5-6,8-9,16,18H,7H2,1-4H3,(H,17,19). The summed E-state index contributed by atoms with van der Waals surface area (Å²) in [7, 11) is 1.50. The summed E-state index contributed by atoms with van der Waals surface area (Å²) < 4.78 is 5.65. The Balaban J connectivity index is 2.66. The fourth-order valence-electron chi connectivity index (χ4n) is 1.66. The highest BCUT2D eigenvalue weighted by Gasteiger charge is 2.14. The van der Waals surface area contributed by atoms with E-state index < -0.39 is 0 Å². The zero-order chi connectivity index (χ0) is 15.3. The monoisotopic (exact) mass is 344 g/mol. The number of methoxy groups -OCH3 is 1. The number of rotatable bonds is 6. The largest absolute Gasteiger partial charge is 0.503 e. The van der Waals surface area contributed by atoms with Crippen LogP contribution in [0.25, 0.3) is 0 Å². The van der Waals surface area contributed by atoms with Crippen LogP contribution in [0, 0.1) is 0 Å². The number of phenolic OH excluding ortho intramolecular Hbond substituents is 1. The van der Waals surface area contributed by atoms with Gasteiger partial charge in [0, 0.05) is 12.6 Å². The summed E-state index contributed by atoms with van der Waals surface area (Å²) in [6.45, 7) is 6.16. The summed E-state index contributed by atoms with van der Waals surface area (Å²) in [6.07, 6.45) is 0. The van der Waals surface area contributed by atoms with Gasteiger partial charge in [-0.3, -0.25) is 4.79 Å². The van der Waals surface area contributed by atoms with Crippen molar-refractivity contribution in [2.24, 2.45) is 0 Å². The lowest BCUT2D eigenvalue weighted by Gasteiger charge is -2.16. The van der Waals surface area contributed by atoms with Crippen molar-refractivity contribution in [2.75, 3.05) is 7.11 Å². The van der Waals surface area contributed by atoms with Crippen molar-refractivity contribution >= 4 is 21.8 Å². The van der Waals surface area contributed by atoms with Gasteiger partial charge < -0.3 is 20.5 Å². The molecule has 0 saturated carbocycles. The number of carbonyl (C=O) groups is 1. The van der Waals surface area contributed by atoms with Crippen LogP contribution in [0.2, 0.25) is 0 Å². The molecule has 0 saturated heterocycles. The second-order valence-electron chi connectivity index (χ2n) is 4.89. The van der Waals surface area contributed by atoms with Crippen LogP contribution in [-0.4, -0.2) is 30.2 Å². The maximum atomic E-state index is 11.8. The van der Waals surface area contributed by atoms with E-state index in [1.165, 1.54) is 7.11 Å². The molecule has 0 aliphatic carbocycles. The minimum Gasteiger partial charge on any atom is -0.503 e. The van der Waals surface area contributed by atoms with E-state index in [2.05, 4.69) is 26.6 Å². The van der Waals surface area contributed by atoms with E-state index in [1.54, 1.807) is 12.1 Å². The van der Waals surface area contributed by atoms with Crippen LogP contribution in [0.15, 0.2) is 16.6 Å². The highest BCUT2D eigenvalue weighted by molar-refractivity contribution is 9.10. The maximum Gasteiger partial charge on any atom is 0.237 e. The zero-order valence-corrected chi connectivity index (χ0v) is 13.7. The average Bonchev–Trinajstić information content (AvgIpc) is 2.38. The average molecular weight is 345 g/mol. The van der Waals surface area contributed by atoms with Gasteiger partial charge in [0.05, 0.1) is 17.6 Å². The Morgan fingerprint density at radius 2 is 2.05 bits per heavy atom. The number of ether oxygens (including phenoxy) is 1. The SMILES string of the molecule is COc1cc(CNC(C)C(=O)NC(C)C)cc(Br)c1O. The summed E-state index contributed by atoms with van der Waals surface area (Å²) in [5.41, 5.74) is 0.913. The van der Waals surface area contributed by atoms with Crippen LogP contribution in [0.4, 0.5) is 0 Å². The van der Waals surface area contributed by atoms with Gasteiger partial charge in [0.25, 0.3) is 0 Å². The summed E-state index contributed by atoms with van der Waals surface area (Å²) in [5, 5.41) is 15.7. The Kier molecular flexibility index (Phi) is 6.29. The molecule has 0 bridgehead atoms. The van der Waals surface area contributed by atoms with Crippen LogP contribution >= 0.6 is 15.9 Å². The predicted molar refractivity (Wildman–Crippen MR) is 81.9 cm³/mol. The molecule has 1 amide bonds. The number of phenols is 1. The minimum absolute atomic E-state index is 0.0372. The van der Waals surface area contributed by atoms with Gasteiger partial charge in [-0.2, -0.15) is 0 Å². The van der Waals surface area contributed by atoms with Crippen molar-refractivity contribution in [3.63, 3.8) is 0 Å². The normalized spacial score (nSPS) is 12.3. The van der Waals surface area contributed by atoms with Gasteiger partial charge in [-0.1, -0.05) is 0 Å². The third-order valence-corrected chi connectivity index (χ3v) is 3.35. The molecule has 0 radical (unpaired) electrons. The Morgan fingerprint density at radius 1 is 1.40 bits per heavy atom. The van der Waals surface area contributed by atoms with Crippen molar-refractivity contribution in [3.05, 3.63) is 22.2 Å². The summed E-state index contributed by atoms with van der Waals surface area (Å²) >= 11 is 3.27. The maximum absolute atomic E-state index is 11.8. The fraction of sp³-hybridized carbons (Fsp3) is 0.500. The Labute approximate surface area is 127 Å². The first-order chi connectivity index (χ1) is 9.35. The van der Waals surface area contributed by atoms with E-state index in [9.17, 15) is 9.90 Å². The van der Waals surface area contributed by atoms with Crippen LogP contribution in [-0.2, 0) is 11.3 Å². The third kappa shape index (κ3) is 4.68. The predicted octanol–water partition coefficient (Wildman–Crippen LogP) is 2.17. The number of carbonyl (C=O) groups excluding carboxylic acids is 1.